The maximum Gasteiger partial charge on any atom is 0.287 e. The van der Waals surface area contributed by atoms with Gasteiger partial charge in [0, 0.05) is 30.3 Å². The highest BCUT2D eigenvalue weighted by Gasteiger charge is 2.26. The van der Waals surface area contributed by atoms with Crippen LogP contribution in [0.5, 0.6) is 0 Å². The third-order valence-electron chi connectivity index (χ3n) is 5.10. The van der Waals surface area contributed by atoms with E-state index in [1.807, 2.05) is 37.8 Å². The summed E-state index contributed by atoms with van der Waals surface area (Å²) in [6.07, 6.45) is 5.36. The van der Waals surface area contributed by atoms with Gasteiger partial charge in [-0.25, -0.2) is 0 Å². The number of nitrogens with one attached hydrogen (secondary N) is 1. The summed E-state index contributed by atoms with van der Waals surface area (Å²) in [6, 6.07) is 3.53. The summed E-state index contributed by atoms with van der Waals surface area (Å²) >= 11 is 0. The standard InChI is InChI=1S/C19H22N4O3/c1-11-14(12(2)26-22-11)9-13-7-8-18(25-13)19(24)21-16-5-4-6-17-15(16)10-20-23(17)3/h7-8,10,16H,4-6,9H2,1-3H3,(H,21,24)/t16-/m1/s1. The van der Waals surface area contributed by atoms with Crippen LogP contribution in [0.3, 0.4) is 0 Å². The zero-order chi connectivity index (χ0) is 18.3. The molecule has 136 valence electrons. The van der Waals surface area contributed by atoms with Gasteiger partial charge in [0.2, 0.25) is 0 Å². The summed E-state index contributed by atoms with van der Waals surface area (Å²) in [7, 11) is 1.94. The topological polar surface area (TPSA) is 86.1 Å². The van der Waals surface area contributed by atoms with E-state index in [9.17, 15) is 4.79 Å². The molecular formula is C19H22N4O3. The van der Waals surface area contributed by atoms with Crippen LogP contribution in [0, 0.1) is 13.8 Å². The predicted molar refractivity (Wildman–Crippen MR) is 93.8 cm³/mol. The molecule has 0 fully saturated rings. The number of rotatable bonds is 4. The molecule has 1 aliphatic rings. The first kappa shape index (κ1) is 16.6. The summed E-state index contributed by atoms with van der Waals surface area (Å²) in [6.45, 7) is 3.78. The molecule has 26 heavy (non-hydrogen) atoms. The van der Waals surface area contributed by atoms with Crippen molar-refractivity contribution in [2.24, 2.45) is 7.05 Å². The van der Waals surface area contributed by atoms with Crippen molar-refractivity contribution in [3.05, 3.63) is 58.1 Å². The number of carbonyl (C=O) groups excluding carboxylic acids is 1. The van der Waals surface area contributed by atoms with Crippen LogP contribution < -0.4 is 5.32 Å². The number of fused-ring (bicyclic) bond motifs is 1. The number of furan rings is 1. The molecule has 0 bridgehead atoms. The Morgan fingerprint density at radius 2 is 2.23 bits per heavy atom. The lowest BCUT2D eigenvalue weighted by atomic mass is 9.93. The molecule has 0 saturated heterocycles. The van der Waals surface area contributed by atoms with Crippen LogP contribution in [0.15, 0.2) is 27.3 Å². The number of nitrogens with zero attached hydrogens (tertiary/aromatic N) is 3. The maximum absolute atomic E-state index is 12.6. The largest absolute Gasteiger partial charge is 0.456 e. The molecule has 1 atom stereocenters. The van der Waals surface area contributed by atoms with Crippen LogP contribution in [0.25, 0.3) is 0 Å². The van der Waals surface area contributed by atoms with Gasteiger partial charge in [0.15, 0.2) is 5.76 Å². The first-order valence-corrected chi connectivity index (χ1v) is 8.85. The van der Waals surface area contributed by atoms with Crippen molar-refractivity contribution in [1.82, 2.24) is 20.3 Å². The quantitative estimate of drug-likeness (QED) is 0.778. The number of hydrogen-bond donors (Lipinski definition) is 1. The minimum atomic E-state index is -0.197. The average molecular weight is 354 g/mol. The van der Waals surface area contributed by atoms with Crippen molar-refractivity contribution in [1.29, 1.82) is 0 Å². The second-order valence-electron chi connectivity index (χ2n) is 6.83. The number of aryl methyl sites for hydroxylation is 3. The molecule has 0 aliphatic heterocycles. The van der Waals surface area contributed by atoms with Gasteiger partial charge in [0.1, 0.15) is 11.5 Å². The third kappa shape index (κ3) is 2.94. The van der Waals surface area contributed by atoms with Gasteiger partial charge in [-0.15, -0.1) is 0 Å². The second kappa shape index (κ2) is 6.48. The Kier molecular flexibility index (Phi) is 4.14. The van der Waals surface area contributed by atoms with E-state index < -0.39 is 0 Å². The summed E-state index contributed by atoms with van der Waals surface area (Å²) in [5, 5.41) is 11.4. The van der Waals surface area contributed by atoms with Crippen molar-refractivity contribution < 1.29 is 13.7 Å². The Bertz CT molecular complexity index is 931. The van der Waals surface area contributed by atoms with Crippen LogP contribution >= 0.6 is 0 Å². The van der Waals surface area contributed by atoms with E-state index in [-0.39, 0.29) is 11.9 Å². The molecule has 1 aliphatic carbocycles. The molecule has 0 saturated carbocycles. The van der Waals surface area contributed by atoms with Gasteiger partial charge >= 0.3 is 0 Å². The molecule has 7 nitrogen and oxygen atoms in total. The van der Waals surface area contributed by atoms with Crippen LogP contribution in [0.4, 0.5) is 0 Å². The zero-order valence-electron chi connectivity index (χ0n) is 15.2. The number of carbonyl (C=O) groups is 1. The highest BCUT2D eigenvalue weighted by Crippen LogP contribution is 2.29. The second-order valence-corrected chi connectivity index (χ2v) is 6.83. The molecule has 7 heteroatoms. The molecule has 3 aromatic heterocycles. The SMILES string of the molecule is Cc1noc(C)c1Cc1ccc(C(=O)N[C@@H]2CCCc3c2cnn3C)o1. The zero-order valence-corrected chi connectivity index (χ0v) is 15.2. The van der Waals surface area contributed by atoms with Gasteiger partial charge in [-0.05, 0) is 45.2 Å². The fourth-order valence-corrected chi connectivity index (χ4v) is 3.61. The number of hydrogen-bond acceptors (Lipinski definition) is 5. The normalized spacial score (nSPS) is 16.5. The predicted octanol–water partition coefficient (Wildman–Crippen LogP) is 3.02. The fraction of sp³-hybridized carbons (Fsp3) is 0.421. The van der Waals surface area contributed by atoms with Gasteiger partial charge in [-0.2, -0.15) is 5.10 Å². The van der Waals surface area contributed by atoms with Crippen molar-refractivity contribution >= 4 is 5.91 Å². The van der Waals surface area contributed by atoms with Gasteiger partial charge in [-0.1, -0.05) is 5.16 Å². The number of aromatic nitrogens is 3. The average Bonchev–Trinajstić information content (AvgIpc) is 3.32. The molecule has 0 spiro atoms. The first-order chi connectivity index (χ1) is 12.5. The Morgan fingerprint density at radius 1 is 1.38 bits per heavy atom. The molecule has 0 aromatic carbocycles. The lowest BCUT2D eigenvalue weighted by Gasteiger charge is -2.23. The van der Waals surface area contributed by atoms with E-state index in [0.29, 0.717) is 12.2 Å². The Balaban J connectivity index is 1.47. The van der Waals surface area contributed by atoms with Crippen LogP contribution in [-0.2, 0) is 19.9 Å². The number of amides is 1. The Labute approximate surface area is 151 Å². The molecule has 1 N–H and O–H groups in total. The van der Waals surface area contributed by atoms with Crippen LogP contribution in [0.1, 0.15) is 63.5 Å². The highest BCUT2D eigenvalue weighted by molar-refractivity contribution is 5.91. The lowest BCUT2D eigenvalue weighted by molar-refractivity contribution is 0.0903. The third-order valence-corrected chi connectivity index (χ3v) is 5.10. The molecular weight excluding hydrogens is 332 g/mol. The van der Waals surface area contributed by atoms with E-state index in [0.717, 1.165) is 47.6 Å². The lowest BCUT2D eigenvalue weighted by Crippen LogP contribution is -2.30. The highest BCUT2D eigenvalue weighted by atomic mass is 16.5. The molecule has 3 aromatic rings. The van der Waals surface area contributed by atoms with Crippen molar-refractivity contribution in [3.63, 3.8) is 0 Å². The smallest absolute Gasteiger partial charge is 0.287 e. The van der Waals surface area contributed by atoms with Crippen molar-refractivity contribution in [2.75, 3.05) is 0 Å². The van der Waals surface area contributed by atoms with E-state index >= 15 is 0 Å². The molecule has 4 rings (SSSR count). The molecule has 1 amide bonds. The van der Waals surface area contributed by atoms with Gasteiger partial charge < -0.3 is 14.3 Å². The van der Waals surface area contributed by atoms with Crippen molar-refractivity contribution in [2.45, 2.75) is 45.6 Å². The van der Waals surface area contributed by atoms with Gasteiger partial charge in [0.05, 0.1) is 17.9 Å². The fourth-order valence-electron chi connectivity index (χ4n) is 3.61. The van der Waals surface area contributed by atoms with E-state index in [4.69, 9.17) is 8.94 Å². The molecule has 3 heterocycles. The van der Waals surface area contributed by atoms with Crippen molar-refractivity contribution in [3.8, 4) is 0 Å². The minimum absolute atomic E-state index is 0.0175. The maximum atomic E-state index is 12.6. The summed E-state index contributed by atoms with van der Waals surface area (Å²) in [5.74, 6) is 1.62. The Morgan fingerprint density at radius 3 is 3.00 bits per heavy atom. The van der Waals surface area contributed by atoms with E-state index in [1.165, 1.54) is 5.69 Å². The van der Waals surface area contributed by atoms with Gasteiger partial charge in [-0.3, -0.25) is 9.48 Å². The summed E-state index contributed by atoms with van der Waals surface area (Å²) in [4.78, 5) is 12.6. The minimum Gasteiger partial charge on any atom is -0.456 e. The Hall–Kier alpha value is -2.83. The molecule has 0 unspecified atom stereocenters. The summed E-state index contributed by atoms with van der Waals surface area (Å²) < 4.78 is 12.8. The van der Waals surface area contributed by atoms with E-state index in [1.54, 1.807) is 6.07 Å². The first-order valence-electron chi connectivity index (χ1n) is 8.85. The monoisotopic (exact) mass is 354 g/mol. The van der Waals surface area contributed by atoms with Gasteiger partial charge in [0.25, 0.3) is 5.91 Å². The van der Waals surface area contributed by atoms with Crippen LogP contribution in [-0.4, -0.2) is 20.8 Å². The summed E-state index contributed by atoms with van der Waals surface area (Å²) in [5.41, 5.74) is 4.14. The van der Waals surface area contributed by atoms with Crippen LogP contribution in [0.2, 0.25) is 0 Å². The molecule has 0 radical (unpaired) electrons. The van der Waals surface area contributed by atoms with E-state index in [2.05, 4.69) is 15.6 Å².